The van der Waals surface area contributed by atoms with Crippen molar-refractivity contribution in [3.8, 4) is 0 Å². The second-order valence-electron chi connectivity index (χ2n) is 5.79. The van der Waals surface area contributed by atoms with Crippen LogP contribution in [0.4, 0.5) is 5.95 Å². The third-order valence-corrected chi connectivity index (χ3v) is 4.16. The van der Waals surface area contributed by atoms with E-state index in [9.17, 15) is 0 Å². The van der Waals surface area contributed by atoms with Crippen LogP contribution in [0.2, 0.25) is 0 Å². The minimum Gasteiger partial charge on any atom is -0.356 e. The molecule has 1 saturated carbocycles. The maximum Gasteiger partial charge on any atom is 0.202 e. The molecule has 1 aliphatic carbocycles. The number of rotatable bonds is 6. The standard InChI is InChI=1S/C15H27N3/c1-3-9-16-15-17-10-12-18(15)11-8-14-6-4-13(2)5-7-14/h10,12-14H,3-9,11H2,1-2H3,(H,16,17). The first kappa shape index (κ1) is 13.4. The van der Waals surface area contributed by atoms with E-state index in [2.05, 4.69) is 34.9 Å². The van der Waals surface area contributed by atoms with Gasteiger partial charge in [0.25, 0.3) is 0 Å². The summed E-state index contributed by atoms with van der Waals surface area (Å²) in [5, 5.41) is 3.39. The molecule has 2 rings (SSSR count). The molecule has 0 aliphatic heterocycles. The monoisotopic (exact) mass is 249 g/mol. The molecule has 1 aliphatic rings. The summed E-state index contributed by atoms with van der Waals surface area (Å²) >= 11 is 0. The number of anilines is 1. The van der Waals surface area contributed by atoms with Crippen molar-refractivity contribution in [3.05, 3.63) is 12.4 Å². The van der Waals surface area contributed by atoms with Crippen LogP contribution in [0.15, 0.2) is 12.4 Å². The highest BCUT2D eigenvalue weighted by molar-refractivity contribution is 5.25. The van der Waals surface area contributed by atoms with E-state index in [0.29, 0.717) is 0 Å². The van der Waals surface area contributed by atoms with Crippen LogP contribution in [-0.2, 0) is 6.54 Å². The largest absolute Gasteiger partial charge is 0.356 e. The molecular formula is C15H27N3. The fourth-order valence-electron chi connectivity index (χ4n) is 2.83. The summed E-state index contributed by atoms with van der Waals surface area (Å²) in [6.45, 7) is 6.70. The summed E-state index contributed by atoms with van der Waals surface area (Å²) in [6, 6.07) is 0. The zero-order chi connectivity index (χ0) is 12.8. The van der Waals surface area contributed by atoms with Gasteiger partial charge in [0.15, 0.2) is 0 Å². The molecule has 0 saturated heterocycles. The predicted octanol–water partition coefficient (Wildman–Crippen LogP) is 3.92. The fourth-order valence-corrected chi connectivity index (χ4v) is 2.83. The molecule has 18 heavy (non-hydrogen) atoms. The van der Waals surface area contributed by atoms with Crippen LogP contribution in [0.5, 0.6) is 0 Å². The maximum absolute atomic E-state index is 4.38. The van der Waals surface area contributed by atoms with Crippen LogP contribution < -0.4 is 5.32 Å². The van der Waals surface area contributed by atoms with E-state index in [0.717, 1.165) is 37.3 Å². The summed E-state index contributed by atoms with van der Waals surface area (Å²) in [7, 11) is 0. The summed E-state index contributed by atoms with van der Waals surface area (Å²) in [4.78, 5) is 4.38. The SMILES string of the molecule is CCCNc1nccn1CCC1CCC(C)CC1. The number of hydrogen-bond donors (Lipinski definition) is 1. The first-order valence-corrected chi connectivity index (χ1v) is 7.54. The summed E-state index contributed by atoms with van der Waals surface area (Å²) in [5.41, 5.74) is 0. The first-order chi connectivity index (χ1) is 8.79. The Labute approximate surface area is 111 Å². The summed E-state index contributed by atoms with van der Waals surface area (Å²) in [6.07, 6.45) is 12.2. The average Bonchev–Trinajstić information content (AvgIpc) is 2.83. The molecule has 0 radical (unpaired) electrons. The van der Waals surface area contributed by atoms with E-state index in [4.69, 9.17) is 0 Å². The molecule has 0 unspecified atom stereocenters. The van der Waals surface area contributed by atoms with E-state index in [1.54, 1.807) is 0 Å². The Morgan fingerprint density at radius 3 is 2.83 bits per heavy atom. The molecule has 0 amide bonds. The lowest BCUT2D eigenvalue weighted by atomic mass is 9.81. The topological polar surface area (TPSA) is 29.9 Å². The molecule has 1 N–H and O–H groups in total. The fraction of sp³-hybridized carbons (Fsp3) is 0.800. The van der Waals surface area contributed by atoms with Gasteiger partial charge in [-0.3, -0.25) is 0 Å². The molecule has 1 aromatic rings. The quantitative estimate of drug-likeness (QED) is 0.828. The number of hydrogen-bond acceptors (Lipinski definition) is 2. The molecule has 0 atom stereocenters. The lowest BCUT2D eigenvalue weighted by molar-refractivity contribution is 0.269. The molecule has 1 heterocycles. The molecule has 0 spiro atoms. The number of aromatic nitrogens is 2. The van der Waals surface area contributed by atoms with Crippen molar-refractivity contribution in [2.24, 2.45) is 11.8 Å². The average molecular weight is 249 g/mol. The van der Waals surface area contributed by atoms with Gasteiger partial charge in [0.05, 0.1) is 0 Å². The van der Waals surface area contributed by atoms with Crippen molar-refractivity contribution >= 4 is 5.95 Å². The van der Waals surface area contributed by atoms with Crippen LogP contribution in [0, 0.1) is 11.8 Å². The molecule has 0 bridgehead atoms. The van der Waals surface area contributed by atoms with Crippen molar-refractivity contribution in [2.75, 3.05) is 11.9 Å². The Bertz CT molecular complexity index is 337. The smallest absolute Gasteiger partial charge is 0.202 e. The van der Waals surface area contributed by atoms with Gasteiger partial charge in [0, 0.05) is 25.5 Å². The molecule has 1 fully saturated rings. The summed E-state index contributed by atoms with van der Waals surface area (Å²) in [5.74, 6) is 2.93. The van der Waals surface area contributed by atoms with Crippen LogP contribution in [-0.4, -0.2) is 16.1 Å². The van der Waals surface area contributed by atoms with E-state index in [-0.39, 0.29) is 0 Å². The second kappa shape index (κ2) is 6.81. The van der Waals surface area contributed by atoms with Gasteiger partial charge in [-0.25, -0.2) is 4.98 Å². The highest BCUT2D eigenvalue weighted by Crippen LogP contribution is 2.30. The van der Waals surface area contributed by atoms with Crippen molar-refractivity contribution < 1.29 is 0 Å². The lowest BCUT2D eigenvalue weighted by Crippen LogP contribution is -2.15. The van der Waals surface area contributed by atoms with Crippen LogP contribution in [0.3, 0.4) is 0 Å². The first-order valence-electron chi connectivity index (χ1n) is 7.54. The Hall–Kier alpha value is -0.990. The van der Waals surface area contributed by atoms with Crippen molar-refractivity contribution in [1.82, 2.24) is 9.55 Å². The van der Waals surface area contributed by atoms with Gasteiger partial charge in [-0.15, -0.1) is 0 Å². The maximum atomic E-state index is 4.38. The van der Waals surface area contributed by atoms with Gasteiger partial charge in [-0.1, -0.05) is 39.5 Å². The third-order valence-electron chi connectivity index (χ3n) is 4.16. The number of nitrogens with one attached hydrogen (secondary N) is 1. The molecule has 0 aromatic carbocycles. The van der Waals surface area contributed by atoms with E-state index in [1.165, 1.54) is 32.1 Å². The molecule has 3 nitrogen and oxygen atoms in total. The summed E-state index contributed by atoms with van der Waals surface area (Å²) < 4.78 is 2.27. The van der Waals surface area contributed by atoms with E-state index in [1.807, 2.05) is 6.20 Å². The number of nitrogens with zero attached hydrogens (tertiary/aromatic N) is 2. The van der Waals surface area contributed by atoms with Crippen LogP contribution in [0.1, 0.15) is 52.4 Å². The van der Waals surface area contributed by atoms with E-state index < -0.39 is 0 Å². The van der Waals surface area contributed by atoms with Gasteiger partial charge in [0.2, 0.25) is 5.95 Å². The van der Waals surface area contributed by atoms with Crippen LogP contribution in [0.25, 0.3) is 0 Å². The highest BCUT2D eigenvalue weighted by Gasteiger charge is 2.18. The Morgan fingerprint density at radius 2 is 2.11 bits per heavy atom. The van der Waals surface area contributed by atoms with Gasteiger partial charge in [-0.05, 0) is 24.7 Å². The lowest BCUT2D eigenvalue weighted by Gasteiger charge is -2.26. The van der Waals surface area contributed by atoms with E-state index >= 15 is 0 Å². The number of imidazole rings is 1. The van der Waals surface area contributed by atoms with Crippen molar-refractivity contribution in [1.29, 1.82) is 0 Å². The number of aryl methyl sites for hydroxylation is 1. The predicted molar refractivity (Wildman–Crippen MR) is 76.7 cm³/mol. The third kappa shape index (κ3) is 3.76. The molecule has 3 heteroatoms. The van der Waals surface area contributed by atoms with Crippen LogP contribution >= 0.6 is 0 Å². The minimum atomic E-state index is 0.933. The normalized spacial score (nSPS) is 24.1. The van der Waals surface area contributed by atoms with Gasteiger partial charge >= 0.3 is 0 Å². The Balaban J connectivity index is 1.77. The Morgan fingerprint density at radius 1 is 1.33 bits per heavy atom. The van der Waals surface area contributed by atoms with Gasteiger partial charge < -0.3 is 9.88 Å². The highest BCUT2D eigenvalue weighted by atomic mass is 15.2. The minimum absolute atomic E-state index is 0.933. The molecular weight excluding hydrogens is 222 g/mol. The van der Waals surface area contributed by atoms with Gasteiger partial charge in [-0.2, -0.15) is 0 Å². The van der Waals surface area contributed by atoms with Crippen molar-refractivity contribution in [2.45, 2.75) is 58.9 Å². The van der Waals surface area contributed by atoms with Crippen molar-refractivity contribution in [3.63, 3.8) is 0 Å². The molecule has 102 valence electrons. The molecule has 1 aromatic heterocycles. The zero-order valence-electron chi connectivity index (χ0n) is 11.9. The zero-order valence-corrected chi connectivity index (χ0v) is 11.9. The van der Waals surface area contributed by atoms with Gasteiger partial charge in [0.1, 0.15) is 0 Å². The Kier molecular flexibility index (Phi) is 5.09. The second-order valence-corrected chi connectivity index (χ2v) is 5.79.